The zero-order chi connectivity index (χ0) is 12.3. The van der Waals surface area contributed by atoms with Crippen LogP contribution >= 0.6 is 0 Å². The molecule has 3 N–H and O–H groups in total. The lowest BCUT2D eigenvalue weighted by molar-refractivity contribution is 0.0515. The van der Waals surface area contributed by atoms with Crippen molar-refractivity contribution >= 4 is 11.7 Å². The molecule has 0 saturated carbocycles. The van der Waals surface area contributed by atoms with E-state index in [4.69, 9.17) is 5.73 Å². The van der Waals surface area contributed by atoms with Crippen LogP contribution in [-0.4, -0.2) is 17.6 Å². The number of carbonyl (C=O) groups excluding carboxylic acids is 1. The van der Waals surface area contributed by atoms with Gasteiger partial charge in [-0.2, -0.15) is 0 Å². The normalized spacial score (nSPS) is 10.5. The summed E-state index contributed by atoms with van der Waals surface area (Å²) in [6, 6.07) is 0. The molecule has 88 valence electrons. The second-order valence-corrected chi connectivity index (χ2v) is 2.88. The van der Waals surface area contributed by atoms with E-state index in [2.05, 4.69) is 9.72 Å². The number of hydrogen-bond acceptors (Lipinski definition) is 4. The SMILES string of the molecule is CCOC(=O)c1c[nH]c(=O)c(N)c1C(F)F. The molecule has 5 nitrogen and oxygen atoms in total. The van der Waals surface area contributed by atoms with Crippen molar-refractivity contribution in [2.24, 2.45) is 0 Å². The smallest absolute Gasteiger partial charge is 0.340 e. The first kappa shape index (κ1) is 12.2. The predicted molar refractivity (Wildman–Crippen MR) is 52.4 cm³/mol. The van der Waals surface area contributed by atoms with Gasteiger partial charge in [0.1, 0.15) is 5.69 Å². The van der Waals surface area contributed by atoms with Gasteiger partial charge in [0, 0.05) is 6.20 Å². The molecule has 0 radical (unpaired) electrons. The highest BCUT2D eigenvalue weighted by Crippen LogP contribution is 2.26. The lowest BCUT2D eigenvalue weighted by Crippen LogP contribution is -2.19. The maximum Gasteiger partial charge on any atom is 0.340 e. The van der Waals surface area contributed by atoms with Gasteiger partial charge in [-0.05, 0) is 6.92 Å². The Morgan fingerprint density at radius 3 is 2.75 bits per heavy atom. The van der Waals surface area contributed by atoms with E-state index in [0.29, 0.717) is 0 Å². The zero-order valence-electron chi connectivity index (χ0n) is 8.42. The molecular formula is C9H10F2N2O3. The van der Waals surface area contributed by atoms with E-state index < -0.39 is 34.8 Å². The van der Waals surface area contributed by atoms with Crippen LogP contribution in [0, 0.1) is 0 Å². The van der Waals surface area contributed by atoms with Gasteiger partial charge in [0.15, 0.2) is 0 Å². The molecule has 0 aliphatic heterocycles. The molecular weight excluding hydrogens is 222 g/mol. The molecule has 0 amide bonds. The topological polar surface area (TPSA) is 85.2 Å². The minimum absolute atomic E-state index is 0.0422. The van der Waals surface area contributed by atoms with Gasteiger partial charge in [0.25, 0.3) is 12.0 Å². The Labute approximate surface area is 89.2 Å². The first-order valence-corrected chi connectivity index (χ1v) is 4.45. The van der Waals surface area contributed by atoms with Crippen molar-refractivity contribution in [3.05, 3.63) is 27.7 Å². The molecule has 0 bridgehead atoms. The summed E-state index contributed by atoms with van der Waals surface area (Å²) in [5.41, 5.74) is 2.45. The van der Waals surface area contributed by atoms with Gasteiger partial charge in [-0.3, -0.25) is 4.79 Å². The van der Waals surface area contributed by atoms with E-state index in [0.717, 1.165) is 6.20 Å². The molecule has 7 heteroatoms. The van der Waals surface area contributed by atoms with Gasteiger partial charge in [-0.25, -0.2) is 13.6 Å². The van der Waals surface area contributed by atoms with Crippen molar-refractivity contribution in [1.82, 2.24) is 4.98 Å². The third kappa shape index (κ3) is 2.18. The Hall–Kier alpha value is -1.92. The number of aromatic amines is 1. The van der Waals surface area contributed by atoms with E-state index in [1.54, 1.807) is 0 Å². The number of anilines is 1. The number of halogens is 2. The van der Waals surface area contributed by atoms with E-state index in [9.17, 15) is 18.4 Å². The number of nitrogens with two attached hydrogens (primary N) is 1. The number of nitrogens with one attached hydrogen (secondary N) is 1. The fourth-order valence-electron chi connectivity index (χ4n) is 1.17. The van der Waals surface area contributed by atoms with Crippen LogP contribution in [0.1, 0.15) is 29.3 Å². The van der Waals surface area contributed by atoms with Crippen molar-refractivity contribution in [2.45, 2.75) is 13.3 Å². The average molecular weight is 232 g/mol. The molecule has 0 unspecified atom stereocenters. The van der Waals surface area contributed by atoms with Crippen LogP contribution in [0.25, 0.3) is 0 Å². The van der Waals surface area contributed by atoms with E-state index in [1.807, 2.05) is 0 Å². The van der Waals surface area contributed by atoms with E-state index >= 15 is 0 Å². The summed E-state index contributed by atoms with van der Waals surface area (Å²) in [7, 11) is 0. The van der Waals surface area contributed by atoms with Gasteiger partial charge >= 0.3 is 5.97 Å². The molecule has 0 aliphatic rings. The van der Waals surface area contributed by atoms with Crippen molar-refractivity contribution in [2.75, 3.05) is 12.3 Å². The summed E-state index contributed by atoms with van der Waals surface area (Å²) < 4.78 is 29.8. The molecule has 1 rings (SSSR count). The van der Waals surface area contributed by atoms with Gasteiger partial charge < -0.3 is 15.5 Å². The Bertz CT molecular complexity index is 457. The summed E-state index contributed by atoms with van der Waals surface area (Å²) >= 11 is 0. The molecule has 0 saturated heterocycles. The molecule has 0 spiro atoms. The largest absolute Gasteiger partial charge is 0.462 e. The lowest BCUT2D eigenvalue weighted by Gasteiger charge is -2.09. The summed E-state index contributed by atoms with van der Waals surface area (Å²) in [6.45, 7) is 1.58. The highest BCUT2D eigenvalue weighted by molar-refractivity contribution is 5.92. The van der Waals surface area contributed by atoms with Crippen molar-refractivity contribution in [3.8, 4) is 0 Å². The molecule has 1 heterocycles. The maximum absolute atomic E-state index is 12.6. The van der Waals surface area contributed by atoms with E-state index in [-0.39, 0.29) is 6.61 Å². The number of ether oxygens (including phenoxy) is 1. The second-order valence-electron chi connectivity index (χ2n) is 2.88. The van der Waals surface area contributed by atoms with Gasteiger partial charge in [0.2, 0.25) is 0 Å². The summed E-state index contributed by atoms with van der Waals surface area (Å²) in [5.74, 6) is -0.944. The molecule has 1 aromatic rings. The summed E-state index contributed by atoms with van der Waals surface area (Å²) in [5, 5.41) is 0. The lowest BCUT2D eigenvalue weighted by atomic mass is 10.1. The predicted octanol–water partition coefficient (Wildman–Crippen LogP) is 1.07. The van der Waals surface area contributed by atoms with Crippen LogP contribution < -0.4 is 11.3 Å². The average Bonchev–Trinajstić information content (AvgIpc) is 2.21. The molecule has 0 aromatic carbocycles. The minimum Gasteiger partial charge on any atom is -0.462 e. The number of rotatable bonds is 3. The maximum atomic E-state index is 12.6. The first-order chi connectivity index (χ1) is 7.49. The number of pyridine rings is 1. The number of nitrogen functional groups attached to an aromatic ring is 1. The standard InChI is InChI=1S/C9H10F2N2O3/c1-2-16-9(15)4-3-13-8(14)6(12)5(4)7(10)11/h3,7H,2,12H2,1H3,(H,13,14). The Morgan fingerprint density at radius 2 is 2.25 bits per heavy atom. The fraction of sp³-hybridized carbons (Fsp3) is 0.333. The summed E-state index contributed by atoms with van der Waals surface area (Å²) in [6.07, 6.45) is -2.14. The van der Waals surface area contributed by atoms with Gasteiger partial charge in [0.05, 0.1) is 17.7 Å². The number of H-pyrrole nitrogens is 1. The van der Waals surface area contributed by atoms with Gasteiger partial charge in [-0.1, -0.05) is 0 Å². The molecule has 0 fully saturated rings. The summed E-state index contributed by atoms with van der Waals surface area (Å²) in [4.78, 5) is 24.4. The molecule has 0 aliphatic carbocycles. The highest BCUT2D eigenvalue weighted by Gasteiger charge is 2.23. The van der Waals surface area contributed by atoms with Crippen LogP contribution in [0.5, 0.6) is 0 Å². The third-order valence-corrected chi connectivity index (χ3v) is 1.89. The van der Waals surface area contributed by atoms with Crippen molar-refractivity contribution in [1.29, 1.82) is 0 Å². The van der Waals surface area contributed by atoms with E-state index in [1.165, 1.54) is 6.92 Å². The zero-order valence-corrected chi connectivity index (χ0v) is 8.42. The van der Waals surface area contributed by atoms with Crippen LogP contribution in [0.3, 0.4) is 0 Å². The monoisotopic (exact) mass is 232 g/mol. The number of aromatic nitrogens is 1. The third-order valence-electron chi connectivity index (χ3n) is 1.89. The highest BCUT2D eigenvalue weighted by atomic mass is 19.3. The van der Waals surface area contributed by atoms with Crippen LogP contribution in [0.2, 0.25) is 0 Å². The fourth-order valence-corrected chi connectivity index (χ4v) is 1.17. The van der Waals surface area contributed by atoms with Gasteiger partial charge in [-0.15, -0.1) is 0 Å². The Balaban J connectivity index is 3.34. The number of carbonyl (C=O) groups is 1. The Morgan fingerprint density at radius 1 is 1.62 bits per heavy atom. The quantitative estimate of drug-likeness (QED) is 0.763. The van der Waals surface area contributed by atoms with Crippen LogP contribution in [0.4, 0.5) is 14.5 Å². The van der Waals surface area contributed by atoms with Crippen molar-refractivity contribution < 1.29 is 18.3 Å². The second kappa shape index (κ2) is 4.73. The number of hydrogen-bond donors (Lipinski definition) is 2. The first-order valence-electron chi connectivity index (χ1n) is 4.45. The van der Waals surface area contributed by atoms with Crippen LogP contribution in [-0.2, 0) is 4.74 Å². The minimum atomic E-state index is -3.01. The number of alkyl halides is 2. The number of esters is 1. The van der Waals surface area contributed by atoms with Crippen molar-refractivity contribution in [3.63, 3.8) is 0 Å². The molecule has 0 atom stereocenters. The molecule has 1 aromatic heterocycles. The van der Waals surface area contributed by atoms with Crippen LogP contribution in [0.15, 0.2) is 11.0 Å². The Kier molecular flexibility index (Phi) is 3.60. The molecule has 16 heavy (non-hydrogen) atoms.